The van der Waals surface area contributed by atoms with Gasteiger partial charge in [-0.1, -0.05) is 10.6 Å². The van der Waals surface area contributed by atoms with Crippen molar-refractivity contribution in [3.05, 3.63) is 40.7 Å². The van der Waals surface area contributed by atoms with Gasteiger partial charge in [0.05, 0.1) is 5.69 Å². The molecule has 23 heavy (non-hydrogen) atoms. The summed E-state index contributed by atoms with van der Waals surface area (Å²) < 4.78 is 3.83. The molecule has 0 spiro atoms. The fraction of sp³-hybridized carbons (Fsp3) is 0.357. The smallest absolute Gasteiger partial charge is 0.286 e. The van der Waals surface area contributed by atoms with E-state index in [4.69, 9.17) is 12.2 Å². The Morgan fingerprint density at radius 2 is 2.26 bits per heavy atom. The number of thiocarbonyl (C=S) groups is 1. The summed E-state index contributed by atoms with van der Waals surface area (Å²) in [6.45, 7) is 3.73. The molecule has 2 aromatic rings. The molecule has 1 amide bonds. The van der Waals surface area contributed by atoms with E-state index in [0.717, 1.165) is 30.1 Å². The topological polar surface area (TPSA) is 74.2 Å². The molecule has 1 N–H and O–H groups in total. The second kappa shape index (κ2) is 6.97. The van der Waals surface area contributed by atoms with Gasteiger partial charge in [-0.15, -0.1) is 5.10 Å². The van der Waals surface area contributed by atoms with Crippen LogP contribution in [0.3, 0.4) is 0 Å². The van der Waals surface area contributed by atoms with Gasteiger partial charge in [0.25, 0.3) is 5.91 Å². The second-order valence-corrected chi connectivity index (χ2v) is 6.25. The number of carbonyl (C=O) groups is 1. The van der Waals surface area contributed by atoms with E-state index in [9.17, 15) is 4.79 Å². The van der Waals surface area contributed by atoms with Crippen LogP contribution >= 0.6 is 23.8 Å². The van der Waals surface area contributed by atoms with E-state index in [-0.39, 0.29) is 5.91 Å². The molecule has 0 atom stereocenters. The zero-order chi connectivity index (χ0) is 16.2. The van der Waals surface area contributed by atoms with Crippen LogP contribution < -0.4 is 5.32 Å². The Bertz CT molecular complexity index is 704. The Hall–Kier alpha value is -2.13. The van der Waals surface area contributed by atoms with Crippen molar-refractivity contribution in [2.75, 3.05) is 13.1 Å². The number of aryl methyl sites for hydroxylation is 1. The molecule has 1 fully saturated rings. The van der Waals surface area contributed by atoms with Crippen LogP contribution in [0.1, 0.15) is 27.3 Å². The molecule has 0 unspecified atom stereocenters. The van der Waals surface area contributed by atoms with Gasteiger partial charge < -0.3 is 5.32 Å². The number of nitrogens with one attached hydrogen (secondary N) is 1. The average molecular weight is 348 g/mol. The normalized spacial score (nSPS) is 14.1. The van der Waals surface area contributed by atoms with Crippen molar-refractivity contribution in [2.24, 2.45) is 0 Å². The number of nitrogens with zero attached hydrogens (tertiary/aromatic N) is 5. The van der Waals surface area contributed by atoms with Gasteiger partial charge in [-0.3, -0.25) is 14.8 Å². The van der Waals surface area contributed by atoms with Gasteiger partial charge in [-0.2, -0.15) is 0 Å². The van der Waals surface area contributed by atoms with Gasteiger partial charge in [0.1, 0.15) is 4.88 Å². The first-order valence-electron chi connectivity index (χ1n) is 7.22. The predicted molar refractivity (Wildman–Crippen MR) is 90.7 cm³/mol. The summed E-state index contributed by atoms with van der Waals surface area (Å²) in [5.74, 6) is -0.0967. The van der Waals surface area contributed by atoms with E-state index >= 15 is 0 Å². The SMILES string of the molecule is Cc1nnsc1C(=O)N1CCCN1C(=S)NCc1cccnc1. The maximum atomic E-state index is 12.6. The lowest BCUT2D eigenvalue weighted by Gasteiger charge is -2.29. The van der Waals surface area contributed by atoms with Crippen molar-refractivity contribution in [1.82, 2.24) is 29.9 Å². The fourth-order valence-electron chi connectivity index (χ4n) is 2.35. The summed E-state index contributed by atoms with van der Waals surface area (Å²) >= 11 is 6.56. The van der Waals surface area contributed by atoms with E-state index in [1.54, 1.807) is 24.3 Å². The number of hydrogen-bond donors (Lipinski definition) is 1. The molecule has 3 heterocycles. The maximum absolute atomic E-state index is 12.6. The number of amides is 1. The van der Waals surface area contributed by atoms with Gasteiger partial charge in [-0.05, 0) is 48.7 Å². The molecule has 0 bridgehead atoms. The minimum absolute atomic E-state index is 0.0967. The van der Waals surface area contributed by atoms with Crippen molar-refractivity contribution in [1.29, 1.82) is 0 Å². The highest BCUT2D eigenvalue weighted by Gasteiger charge is 2.31. The molecule has 0 saturated carbocycles. The minimum atomic E-state index is -0.0967. The summed E-state index contributed by atoms with van der Waals surface area (Å²) in [6, 6.07) is 3.85. The van der Waals surface area contributed by atoms with E-state index in [1.165, 1.54) is 0 Å². The molecule has 9 heteroatoms. The van der Waals surface area contributed by atoms with Crippen LogP contribution in [0, 0.1) is 6.92 Å². The highest BCUT2D eigenvalue weighted by atomic mass is 32.1. The van der Waals surface area contributed by atoms with E-state index in [0.29, 0.717) is 28.8 Å². The molecular formula is C14H16N6OS2. The maximum Gasteiger partial charge on any atom is 0.286 e. The molecule has 0 radical (unpaired) electrons. The largest absolute Gasteiger partial charge is 0.357 e. The lowest BCUT2D eigenvalue weighted by atomic mass is 10.3. The first kappa shape index (κ1) is 15.8. The first-order valence-corrected chi connectivity index (χ1v) is 8.40. The number of aromatic nitrogens is 3. The molecule has 1 aliphatic rings. The minimum Gasteiger partial charge on any atom is -0.357 e. The quantitative estimate of drug-likeness (QED) is 0.840. The van der Waals surface area contributed by atoms with Crippen molar-refractivity contribution in [3.8, 4) is 0 Å². The zero-order valence-corrected chi connectivity index (χ0v) is 14.2. The van der Waals surface area contributed by atoms with Crippen molar-refractivity contribution < 1.29 is 4.79 Å². The lowest BCUT2D eigenvalue weighted by Crippen LogP contribution is -2.48. The average Bonchev–Trinajstić information content (AvgIpc) is 3.22. The van der Waals surface area contributed by atoms with E-state index < -0.39 is 0 Å². The van der Waals surface area contributed by atoms with Crippen LogP contribution in [0.4, 0.5) is 0 Å². The molecule has 1 aliphatic heterocycles. The number of hydrazine groups is 1. The Morgan fingerprint density at radius 1 is 1.43 bits per heavy atom. The van der Waals surface area contributed by atoms with Gasteiger partial charge >= 0.3 is 0 Å². The summed E-state index contributed by atoms with van der Waals surface area (Å²) in [6.07, 6.45) is 4.40. The first-order chi connectivity index (χ1) is 11.2. The molecule has 1 saturated heterocycles. The molecular weight excluding hydrogens is 332 g/mol. The Balaban J connectivity index is 1.65. The van der Waals surface area contributed by atoms with E-state index in [2.05, 4.69) is 19.9 Å². The molecule has 2 aromatic heterocycles. The molecule has 120 valence electrons. The van der Waals surface area contributed by atoms with Crippen LogP contribution in [-0.4, -0.2) is 48.7 Å². The lowest BCUT2D eigenvalue weighted by molar-refractivity contribution is 0.0496. The summed E-state index contributed by atoms with van der Waals surface area (Å²) in [4.78, 5) is 17.3. The summed E-state index contributed by atoms with van der Waals surface area (Å²) in [5.41, 5.74) is 1.69. The number of rotatable bonds is 3. The third-order valence-electron chi connectivity index (χ3n) is 3.51. The summed E-state index contributed by atoms with van der Waals surface area (Å²) in [7, 11) is 0. The fourth-order valence-corrected chi connectivity index (χ4v) is 3.21. The third-order valence-corrected chi connectivity index (χ3v) is 4.68. The van der Waals surface area contributed by atoms with E-state index in [1.807, 2.05) is 17.1 Å². The third kappa shape index (κ3) is 3.45. The van der Waals surface area contributed by atoms with Crippen molar-refractivity contribution in [2.45, 2.75) is 19.9 Å². The Kier molecular flexibility index (Phi) is 4.77. The van der Waals surface area contributed by atoms with Crippen LogP contribution in [0.25, 0.3) is 0 Å². The van der Waals surface area contributed by atoms with Crippen LogP contribution in [-0.2, 0) is 6.54 Å². The summed E-state index contributed by atoms with van der Waals surface area (Å²) in [5, 5.41) is 11.1. The number of carbonyl (C=O) groups excluding carboxylic acids is 1. The van der Waals surface area contributed by atoms with Gasteiger partial charge in [0.2, 0.25) is 0 Å². The van der Waals surface area contributed by atoms with Crippen LogP contribution in [0.5, 0.6) is 0 Å². The molecule has 0 aliphatic carbocycles. The number of hydrogen-bond acceptors (Lipinski definition) is 6. The number of pyridine rings is 1. The van der Waals surface area contributed by atoms with Gasteiger partial charge in [0.15, 0.2) is 5.11 Å². The predicted octanol–water partition coefficient (Wildman–Crippen LogP) is 1.38. The van der Waals surface area contributed by atoms with Gasteiger partial charge in [-0.25, -0.2) is 5.01 Å². The molecule has 7 nitrogen and oxygen atoms in total. The zero-order valence-electron chi connectivity index (χ0n) is 12.6. The monoisotopic (exact) mass is 348 g/mol. The highest BCUT2D eigenvalue weighted by molar-refractivity contribution is 7.80. The Morgan fingerprint density at radius 3 is 2.96 bits per heavy atom. The standard InChI is InChI=1S/C14H16N6OS2/c1-10-12(23-18-17-10)13(21)19-6-3-7-20(19)14(22)16-9-11-4-2-5-15-8-11/h2,4-5,8H,3,6-7,9H2,1H3,(H,16,22). The second-order valence-electron chi connectivity index (χ2n) is 5.11. The van der Waals surface area contributed by atoms with Crippen molar-refractivity contribution in [3.63, 3.8) is 0 Å². The van der Waals surface area contributed by atoms with Gasteiger partial charge in [0, 0.05) is 32.0 Å². The van der Waals surface area contributed by atoms with Crippen LogP contribution in [0.2, 0.25) is 0 Å². The Labute approximate surface area is 143 Å². The molecule has 0 aromatic carbocycles. The van der Waals surface area contributed by atoms with Crippen molar-refractivity contribution >= 4 is 34.8 Å². The van der Waals surface area contributed by atoms with Crippen LogP contribution in [0.15, 0.2) is 24.5 Å². The molecule has 3 rings (SSSR count). The highest BCUT2D eigenvalue weighted by Crippen LogP contribution is 2.19.